The van der Waals surface area contributed by atoms with Crippen LogP contribution in [0.3, 0.4) is 0 Å². The molecule has 18 heavy (non-hydrogen) atoms. The van der Waals surface area contributed by atoms with Gasteiger partial charge in [0.05, 0.1) is 0 Å². The van der Waals surface area contributed by atoms with Crippen molar-refractivity contribution >= 4 is 22.1 Å². The second-order valence-electron chi connectivity index (χ2n) is 4.03. The Bertz CT molecular complexity index is 443. The molecule has 0 heterocycles. The highest BCUT2D eigenvalue weighted by Gasteiger charge is 2.18. The Hall–Kier alpha value is -1.23. The molecule has 0 aromatic heterocycles. The van der Waals surface area contributed by atoms with Crippen LogP contribution in [0.5, 0.6) is 11.5 Å². The molecule has 2 N–H and O–H groups in total. The number of rotatable bonds is 5. The fourth-order valence-corrected chi connectivity index (χ4v) is 2.56. The van der Waals surface area contributed by atoms with Gasteiger partial charge < -0.3 is 14.9 Å². The van der Waals surface area contributed by atoms with Crippen molar-refractivity contribution in [3.8, 4) is 11.5 Å². The molecule has 100 valence electrons. The van der Waals surface area contributed by atoms with Crippen molar-refractivity contribution in [3.05, 3.63) is 21.7 Å². The quantitative estimate of drug-likeness (QED) is 0.633. The maximum atomic E-state index is 10.6. The number of benzene rings is 1. The minimum absolute atomic E-state index is 0.0160. The standard InChI is InChI=1S/C13H17BrO4/c1-3-5-8-9(6-4-2)12(15)11(7-10(8)14)18-13(16)17/h7,15H,3-6H2,1-2H3,(H,16,17). The molecule has 1 aromatic rings. The van der Waals surface area contributed by atoms with E-state index in [0.717, 1.165) is 34.9 Å². The Morgan fingerprint density at radius 2 is 1.83 bits per heavy atom. The maximum Gasteiger partial charge on any atom is 0.511 e. The molecule has 0 unspecified atom stereocenters. The van der Waals surface area contributed by atoms with Crippen LogP contribution in [0.15, 0.2) is 10.5 Å². The summed E-state index contributed by atoms with van der Waals surface area (Å²) in [5.41, 5.74) is 1.79. The van der Waals surface area contributed by atoms with Crippen molar-refractivity contribution in [1.82, 2.24) is 0 Å². The Labute approximate surface area is 115 Å². The summed E-state index contributed by atoms with van der Waals surface area (Å²) in [5.74, 6) is -0.0800. The molecule has 0 spiro atoms. The number of ether oxygens (including phenoxy) is 1. The Balaban J connectivity index is 3.30. The average Bonchev–Trinajstić information content (AvgIpc) is 2.29. The highest BCUT2D eigenvalue weighted by atomic mass is 79.9. The van der Waals surface area contributed by atoms with Crippen LogP contribution in [-0.4, -0.2) is 16.4 Å². The van der Waals surface area contributed by atoms with Crippen LogP contribution >= 0.6 is 15.9 Å². The molecule has 4 nitrogen and oxygen atoms in total. The zero-order valence-electron chi connectivity index (χ0n) is 10.5. The molecule has 0 bridgehead atoms. The molecule has 0 amide bonds. The topological polar surface area (TPSA) is 66.8 Å². The molecular weight excluding hydrogens is 300 g/mol. The van der Waals surface area contributed by atoms with Gasteiger partial charge in [0.25, 0.3) is 0 Å². The van der Waals surface area contributed by atoms with Gasteiger partial charge in [-0.15, -0.1) is 0 Å². The van der Waals surface area contributed by atoms with E-state index < -0.39 is 6.16 Å². The number of phenolic OH excluding ortho intramolecular Hbond substituents is 1. The first-order valence-electron chi connectivity index (χ1n) is 5.95. The van der Waals surface area contributed by atoms with Crippen molar-refractivity contribution < 1.29 is 19.7 Å². The molecule has 0 fully saturated rings. The predicted octanol–water partition coefficient (Wildman–Crippen LogP) is 4.12. The molecule has 0 radical (unpaired) electrons. The summed E-state index contributed by atoms with van der Waals surface area (Å²) >= 11 is 3.41. The van der Waals surface area contributed by atoms with Gasteiger partial charge in [-0.05, 0) is 24.5 Å². The second kappa shape index (κ2) is 6.64. The zero-order chi connectivity index (χ0) is 13.7. The van der Waals surface area contributed by atoms with Crippen LogP contribution in [-0.2, 0) is 12.8 Å². The lowest BCUT2D eigenvalue weighted by Gasteiger charge is -2.15. The van der Waals surface area contributed by atoms with Crippen molar-refractivity contribution in [1.29, 1.82) is 0 Å². The van der Waals surface area contributed by atoms with Crippen LogP contribution in [0.4, 0.5) is 4.79 Å². The van der Waals surface area contributed by atoms with E-state index in [1.54, 1.807) is 0 Å². The fourth-order valence-electron chi connectivity index (χ4n) is 1.92. The molecule has 5 heteroatoms. The average molecular weight is 317 g/mol. The third kappa shape index (κ3) is 3.38. The smallest absolute Gasteiger partial charge is 0.504 e. The highest BCUT2D eigenvalue weighted by molar-refractivity contribution is 9.10. The van der Waals surface area contributed by atoms with Crippen LogP contribution in [0.2, 0.25) is 0 Å². The van der Waals surface area contributed by atoms with E-state index in [9.17, 15) is 9.90 Å². The van der Waals surface area contributed by atoms with Crippen LogP contribution < -0.4 is 4.74 Å². The SMILES string of the molecule is CCCc1c(Br)cc(OC(=O)O)c(O)c1CCC. The third-order valence-electron chi connectivity index (χ3n) is 2.63. The fraction of sp³-hybridized carbons (Fsp3) is 0.462. The van der Waals surface area contributed by atoms with Gasteiger partial charge in [-0.25, -0.2) is 4.79 Å². The van der Waals surface area contributed by atoms with Gasteiger partial charge in [-0.1, -0.05) is 42.6 Å². The van der Waals surface area contributed by atoms with Gasteiger partial charge in [0.2, 0.25) is 0 Å². The maximum absolute atomic E-state index is 10.6. The number of phenols is 1. The normalized spacial score (nSPS) is 10.4. The first kappa shape index (κ1) is 14.8. The number of halogens is 1. The molecule has 0 saturated carbocycles. The lowest BCUT2D eigenvalue weighted by Crippen LogP contribution is -2.06. The number of hydrogen-bond donors (Lipinski definition) is 2. The minimum atomic E-state index is -1.43. The first-order valence-corrected chi connectivity index (χ1v) is 6.74. The van der Waals surface area contributed by atoms with Gasteiger partial charge >= 0.3 is 6.16 Å². The van der Waals surface area contributed by atoms with Gasteiger partial charge in [-0.3, -0.25) is 0 Å². The number of carbonyl (C=O) groups is 1. The molecule has 0 aliphatic carbocycles. The Morgan fingerprint density at radius 3 is 2.33 bits per heavy atom. The summed E-state index contributed by atoms with van der Waals surface area (Å²) in [6.45, 7) is 4.06. The Kier molecular flexibility index (Phi) is 5.47. The van der Waals surface area contributed by atoms with Crippen molar-refractivity contribution in [2.45, 2.75) is 39.5 Å². The summed E-state index contributed by atoms with van der Waals surface area (Å²) in [5, 5.41) is 18.7. The summed E-state index contributed by atoms with van der Waals surface area (Å²) in [4.78, 5) is 10.6. The summed E-state index contributed by atoms with van der Waals surface area (Å²) < 4.78 is 5.36. The van der Waals surface area contributed by atoms with Crippen molar-refractivity contribution in [3.63, 3.8) is 0 Å². The summed E-state index contributed by atoms with van der Waals surface area (Å²) in [6.07, 6.45) is 1.91. The monoisotopic (exact) mass is 316 g/mol. The summed E-state index contributed by atoms with van der Waals surface area (Å²) in [6, 6.07) is 1.51. The van der Waals surface area contributed by atoms with Crippen molar-refractivity contribution in [2.24, 2.45) is 0 Å². The largest absolute Gasteiger partial charge is 0.511 e. The van der Waals surface area contributed by atoms with E-state index in [0.29, 0.717) is 6.42 Å². The summed E-state index contributed by atoms with van der Waals surface area (Å²) in [7, 11) is 0. The Morgan fingerprint density at radius 1 is 1.28 bits per heavy atom. The van der Waals surface area contributed by atoms with E-state index >= 15 is 0 Å². The molecule has 1 rings (SSSR count). The van der Waals surface area contributed by atoms with Crippen LogP contribution in [0.25, 0.3) is 0 Å². The molecular formula is C13H17BrO4. The van der Waals surface area contributed by atoms with E-state index in [1.807, 2.05) is 6.92 Å². The first-order chi connectivity index (χ1) is 8.51. The molecule has 0 aliphatic rings. The number of hydrogen-bond acceptors (Lipinski definition) is 3. The van der Waals surface area contributed by atoms with E-state index in [1.165, 1.54) is 6.07 Å². The predicted molar refractivity (Wildman–Crippen MR) is 72.4 cm³/mol. The second-order valence-corrected chi connectivity index (χ2v) is 4.88. The minimum Gasteiger partial charge on any atom is -0.504 e. The van der Waals surface area contributed by atoms with Crippen LogP contribution in [0.1, 0.15) is 37.8 Å². The molecule has 1 aromatic carbocycles. The van der Waals surface area contributed by atoms with E-state index in [4.69, 9.17) is 5.11 Å². The number of aromatic hydroxyl groups is 1. The van der Waals surface area contributed by atoms with E-state index in [-0.39, 0.29) is 11.5 Å². The lowest BCUT2D eigenvalue weighted by atomic mass is 9.98. The van der Waals surface area contributed by atoms with Crippen LogP contribution in [0, 0.1) is 0 Å². The van der Waals surface area contributed by atoms with Gasteiger partial charge in [0, 0.05) is 10.0 Å². The van der Waals surface area contributed by atoms with Gasteiger partial charge in [0.15, 0.2) is 11.5 Å². The van der Waals surface area contributed by atoms with Crippen molar-refractivity contribution in [2.75, 3.05) is 0 Å². The molecule has 0 atom stereocenters. The molecule has 0 aliphatic heterocycles. The zero-order valence-corrected chi connectivity index (χ0v) is 12.1. The highest BCUT2D eigenvalue weighted by Crippen LogP contribution is 2.39. The van der Waals surface area contributed by atoms with Gasteiger partial charge in [-0.2, -0.15) is 0 Å². The van der Waals surface area contributed by atoms with E-state index in [2.05, 4.69) is 27.6 Å². The lowest BCUT2D eigenvalue weighted by molar-refractivity contribution is 0.142. The van der Waals surface area contributed by atoms with Gasteiger partial charge in [0.1, 0.15) is 0 Å². The third-order valence-corrected chi connectivity index (χ3v) is 3.33. The molecule has 0 saturated heterocycles. The number of carboxylic acid groups (broad SMARTS) is 1.